The summed E-state index contributed by atoms with van der Waals surface area (Å²) in [6.07, 6.45) is 9.00. The Hall–Kier alpha value is -3.13. The average molecular weight is 461 g/mol. The number of ketones is 1. The van der Waals surface area contributed by atoms with Crippen LogP contribution in [0.2, 0.25) is 0 Å². The molecule has 1 saturated carbocycles. The fraction of sp³-hybridized carbons (Fsp3) is 0.500. The molecule has 0 N–H and O–H groups in total. The average Bonchev–Trinajstić information content (AvgIpc) is 3.30. The Labute approximate surface area is 200 Å². The number of piperazine rings is 1. The van der Waals surface area contributed by atoms with Crippen molar-refractivity contribution in [2.75, 3.05) is 33.2 Å². The van der Waals surface area contributed by atoms with Gasteiger partial charge in [-0.15, -0.1) is 0 Å². The van der Waals surface area contributed by atoms with Crippen molar-refractivity contribution < 1.29 is 9.59 Å². The zero-order valence-electron chi connectivity index (χ0n) is 20.0. The fourth-order valence-corrected chi connectivity index (χ4v) is 5.14. The number of likely N-dealkylation sites (N-methyl/N-ethyl adjacent to an activating group) is 1. The van der Waals surface area contributed by atoms with Crippen LogP contribution in [0, 0.1) is 11.8 Å². The second-order valence-electron chi connectivity index (χ2n) is 9.78. The van der Waals surface area contributed by atoms with Gasteiger partial charge in [-0.2, -0.15) is 5.10 Å². The number of amides is 1. The lowest BCUT2D eigenvalue weighted by atomic mass is 9.78. The predicted octanol–water partition coefficient (Wildman–Crippen LogP) is 2.72. The number of nitrogens with zero attached hydrogens (tertiary/aromatic N) is 6. The molecule has 5 rings (SSSR count). The summed E-state index contributed by atoms with van der Waals surface area (Å²) in [6, 6.07) is 6.06. The Morgan fingerprint density at radius 1 is 0.941 bits per heavy atom. The maximum Gasteiger partial charge on any atom is 0.225 e. The third kappa shape index (κ3) is 4.87. The summed E-state index contributed by atoms with van der Waals surface area (Å²) < 4.78 is 1.77. The lowest BCUT2D eigenvalue weighted by Gasteiger charge is -2.36. The number of aromatic nitrogens is 4. The first kappa shape index (κ1) is 22.7. The molecule has 0 bridgehead atoms. The highest BCUT2D eigenvalue weighted by Crippen LogP contribution is 2.31. The van der Waals surface area contributed by atoms with Crippen LogP contribution in [0.3, 0.4) is 0 Å². The van der Waals surface area contributed by atoms with E-state index < -0.39 is 0 Å². The first-order valence-corrected chi connectivity index (χ1v) is 12.2. The van der Waals surface area contributed by atoms with E-state index in [4.69, 9.17) is 0 Å². The predicted molar refractivity (Wildman–Crippen MR) is 130 cm³/mol. The van der Waals surface area contributed by atoms with Crippen molar-refractivity contribution in [3.05, 3.63) is 42.6 Å². The van der Waals surface area contributed by atoms with Crippen LogP contribution < -0.4 is 0 Å². The van der Waals surface area contributed by atoms with Crippen LogP contribution in [0.25, 0.3) is 22.0 Å². The van der Waals surface area contributed by atoms with E-state index in [1.54, 1.807) is 10.9 Å². The highest BCUT2D eigenvalue weighted by molar-refractivity contribution is 5.86. The monoisotopic (exact) mass is 460 g/mol. The molecule has 0 spiro atoms. The highest BCUT2D eigenvalue weighted by Gasteiger charge is 2.33. The molecule has 2 fully saturated rings. The van der Waals surface area contributed by atoms with E-state index in [9.17, 15) is 9.59 Å². The van der Waals surface area contributed by atoms with Crippen LogP contribution in [0.5, 0.6) is 0 Å². The van der Waals surface area contributed by atoms with Gasteiger partial charge in [0, 0.05) is 68.4 Å². The summed E-state index contributed by atoms with van der Waals surface area (Å²) in [5, 5.41) is 5.19. The van der Waals surface area contributed by atoms with Crippen LogP contribution in [0.4, 0.5) is 0 Å². The Morgan fingerprint density at radius 3 is 2.38 bits per heavy atom. The summed E-state index contributed by atoms with van der Waals surface area (Å²) >= 11 is 0. The molecule has 34 heavy (non-hydrogen) atoms. The van der Waals surface area contributed by atoms with Crippen molar-refractivity contribution >= 4 is 22.6 Å². The SMILES string of the molecule is CN1CCN(C(=O)C2CCC(C(=O)Cc3ncc4ccc(-c5cnn(C)c5)cc4n3)CC2)CC1. The summed E-state index contributed by atoms with van der Waals surface area (Å²) in [5.41, 5.74) is 2.91. The third-order valence-corrected chi connectivity index (χ3v) is 7.35. The van der Waals surface area contributed by atoms with Crippen molar-refractivity contribution in [2.24, 2.45) is 18.9 Å². The lowest BCUT2D eigenvalue weighted by Crippen LogP contribution is -2.49. The summed E-state index contributed by atoms with van der Waals surface area (Å²) in [5.74, 6) is 1.10. The molecule has 3 aromatic rings. The quantitative estimate of drug-likeness (QED) is 0.582. The molecular weight excluding hydrogens is 428 g/mol. The normalized spacial score (nSPS) is 21.6. The van der Waals surface area contributed by atoms with Gasteiger partial charge in [0.05, 0.1) is 18.1 Å². The van der Waals surface area contributed by atoms with E-state index in [-0.39, 0.29) is 29.9 Å². The maximum atomic E-state index is 13.0. The van der Waals surface area contributed by atoms with E-state index in [0.717, 1.165) is 73.9 Å². The van der Waals surface area contributed by atoms with Gasteiger partial charge >= 0.3 is 0 Å². The maximum absolute atomic E-state index is 13.0. The minimum Gasteiger partial charge on any atom is -0.340 e. The Morgan fingerprint density at radius 2 is 1.68 bits per heavy atom. The number of fused-ring (bicyclic) bond motifs is 1. The molecule has 8 heteroatoms. The summed E-state index contributed by atoms with van der Waals surface area (Å²) in [4.78, 5) is 39.3. The van der Waals surface area contributed by atoms with Gasteiger partial charge < -0.3 is 9.80 Å². The minimum absolute atomic E-state index is 0.00226. The number of Topliss-reactive ketones (excluding diaryl/α,β-unsaturated/α-hetero) is 1. The number of carbonyl (C=O) groups excluding carboxylic acids is 2. The molecule has 1 saturated heterocycles. The van der Waals surface area contributed by atoms with E-state index in [1.807, 2.05) is 42.5 Å². The summed E-state index contributed by atoms with van der Waals surface area (Å²) in [7, 11) is 3.99. The Bertz CT molecular complexity index is 1190. The number of benzene rings is 1. The van der Waals surface area contributed by atoms with E-state index >= 15 is 0 Å². The van der Waals surface area contributed by atoms with Gasteiger partial charge in [-0.25, -0.2) is 9.97 Å². The molecular formula is C26H32N6O2. The van der Waals surface area contributed by atoms with Crippen LogP contribution in [0.1, 0.15) is 31.5 Å². The zero-order valence-corrected chi connectivity index (χ0v) is 20.0. The molecule has 0 atom stereocenters. The molecule has 2 aliphatic rings. The topological polar surface area (TPSA) is 84.2 Å². The van der Waals surface area contributed by atoms with Crippen molar-refractivity contribution in [3.8, 4) is 11.1 Å². The minimum atomic E-state index is -0.00226. The van der Waals surface area contributed by atoms with Gasteiger partial charge in [-0.05, 0) is 44.4 Å². The van der Waals surface area contributed by atoms with Crippen LogP contribution in [-0.4, -0.2) is 74.5 Å². The molecule has 0 radical (unpaired) electrons. The van der Waals surface area contributed by atoms with E-state index in [0.29, 0.717) is 5.82 Å². The number of carbonyl (C=O) groups is 2. The van der Waals surface area contributed by atoms with Gasteiger partial charge in [-0.1, -0.05) is 12.1 Å². The van der Waals surface area contributed by atoms with Gasteiger partial charge in [0.2, 0.25) is 5.91 Å². The Kier molecular flexibility index (Phi) is 6.41. The second-order valence-corrected chi connectivity index (χ2v) is 9.78. The molecule has 2 aromatic heterocycles. The second kappa shape index (κ2) is 9.62. The largest absolute Gasteiger partial charge is 0.340 e. The lowest BCUT2D eigenvalue weighted by molar-refractivity contribution is -0.139. The van der Waals surface area contributed by atoms with Gasteiger partial charge in [0.25, 0.3) is 0 Å². The van der Waals surface area contributed by atoms with Crippen molar-refractivity contribution in [2.45, 2.75) is 32.1 Å². The highest BCUT2D eigenvalue weighted by atomic mass is 16.2. The van der Waals surface area contributed by atoms with Gasteiger partial charge in [-0.3, -0.25) is 14.3 Å². The van der Waals surface area contributed by atoms with Gasteiger partial charge in [0.15, 0.2) is 0 Å². The van der Waals surface area contributed by atoms with E-state index in [1.165, 1.54) is 0 Å². The third-order valence-electron chi connectivity index (χ3n) is 7.35. The molecule has 0 unspecified atom stereocenters. The molecule has 1 aromatic carbocycles. The molecule has 178 valence electrons. The summed E-state index contributed by atoms with van der Waals surface area (Å²) in [6.45, 7) is 3.51. The molecule has 1 aliphatic heterocycles. The Balaban J connectivity index is 1.20. The van der Waals surface area contributed by atoms with Gasteiger partial charge in [0.1, 0.15) is 11.6 Å². The number of hydrogen-bond donors (Lipinski definition) is 0. The fourth-order valence-electron chi connectivity index (χ4n) is 5.14. The molecule has 1 amide bonds. The molecule has 8 nitrogen and oxygen atoms in total. The van der Waals surface area contributed by atoms with E-state index in [2.05, 4.69) is 27.0 Å². The number of rotatable bonds is 5. The number of hydrogen-bond acceptors (Lipinski definition) is 6. The first-order valence-electron chi connectivity index (χ1n) is 12.2. The van der Waals surface area contributed by atoms with Crippen LogP contribution in [-0.2, 0) is 23.1 Å². The van der Waals surface area contributed by atoms with Crippen molar-refractivity contribution in [1.29, 1.82) is 0 Å². The standard InChI is InChI=1S/C26H32N6O2/c1-30-9-11-32(12-10-30)26(34)19-5-3-18(4-6-19)24(33)14-25-27-15-21-8-7-20(13-23(21)29-25)22-16-28-31(2)17-22/h7-8,13,15-19H,3-6,9-12,14H2,1-2H3. The van der Waals surface area contributed by atoms with Crippen LogP contribution >= 0.6 is 0 Å². The van der Waals surface area contributed by atoms with Crippen LogP contribution in [0.15, 0.2) is 36.8 Å². The van der Waals surface area contributed by atoms with Crippen molar-refractivity contribution in [3.63, 3.8) is 0 Å². The first-order chi connectivity index (χ1) is 16.5. The number of aryl methyl sites for hydroxylation is 1. The van der Waals surface area contributed by atoms with Crippen molar-refractivity contribution in [1.82, 2.24) is 29.5 Å². The molecule has 1 aliphatic carbocycles. The molecule has 3 heterocycles. The zero-order chi connectivity index (χ0) is 23.7. The smallest absolute Gasteiger partial charge is 0.225 e.